The molecule has 0 saturated carbocycles. The number of aromatic amines is 1. The van der Waals surface area contributed by atoms with Gasteiger partial charge in [0.15, 0.2) is 0 Å². The van der Waals surface area contributed by atoms with Gasteiger partial charge in [0.2, 0.25) is 0 Å². The first-order chi connectivity index (χ1) is 7.85. The predicted octanol–water partition coefficient (Wildman–Crippen LogP) is 1.68. The standard InChI is InChI=1S/C13H14N2O/c1-2-7-16-11-3-4-13-12(8-11)10(5-6-14)9-15-13/h1,3-4,8-9,15H,5-7,14H2. The van der Waals surface area contributed by atoms with Crippen molar-refractivity contribution in [2.24, 2.45) is 5.73 Å². The molecule has 16 heavy (non-hydrogen) atoms. The molecule has 0 bridgehead atoms. The molecule has 0 aliphatic carbocycles. The Kier molecular flexibility index (Phi) is 3.13. The van der Waals surface area contributed by atoms with Crippen LogP contribution < -0.4 is 10.5 Å². The third kappa shape index (κ3) is 2.02. The molecule has 0 amide bonds. The second kappa shape index (κ2) is 4.73. The Morgan fingerprint density at radius 3 is 3.06 bits per heavy atom. The molecule has 0 aliphatic heterocycles. The fourth-order valence-electron chi connectivity index (χ4n) is 1.73. The molecule has 1 heterocycles. The van der Waals surface area contributed by atoms with E-state index in [0.717, 1.165) is 23.1 Å². The number of nitrogens with two attached hydrogens (primary N) is 1. The molecule has 1 aromatic heterocycles. The zero-order valence-electron chi connectivity index (χ0n) is 8.99. The lowest BCUT2D eigenvalue weighted by atomic mass is 10.1. The molecule has 3 nitrogen and oxygen atoms in total. The van der Waals surface area contributed by atoms with Crippen molar-refractivity contribution in [2.75, 3.05) is 13.2 Å². The summed E-state index contributed by atoms with van der Waals surface area (Å²) in [5, 5.41) is 1.15. The Morgan fingerprint density at radius 1 is 1.44 bits per heavy atom. The average Bonchev–Trinajstić information content (AvgIpc) is 2.70. The molecule has 0 radical (unpaired) electrons. The van der Waals surface area contributed by atoms with E-state index in [9.17, 15) is 0 Å². The van der Waals surface area contributed by atoms with Crippen molar-refractivity contribution in [1.82, 2.24) is 4.98 Å². The van der Waals surface area contributed by atoms with Crippen LogP contribution >= 0.6 is 0 Å². The van der Waals surface area contributed by atoms with Crippen LogP contribution in [0, 0.1) is 12.3 Å². The molecule has 3 heteroatoms. The van der Waals surface area contributed by atoms with Crippen molar-refractivity contribution >= 4 is 10.9 Å². The van der Waals surface area contributed by atoms with Gasteiger partial charge in [-0.2, -0.15) is 0 Å². The molecule has 82 valence electrons. The van der Waals surface area contributed by atoms with Crippen LogP contribution in [0.3, 0.4) is 0 Å². The van der Waals surface area contributed by atoms with Crippen molar-refractivity contribution < 1.29 is 4.74 Å². The van der Waals surface area contributed by atoms with E-state index in [2.05, 4.69) is 10.9 Å². The number of aromatic nitrogens is 1. The highest BCUT2D eigenvalue weighted by Crippen LogP contribution is 2.23. The van der Waals surface area contributed by atoms with E-state index >= 15 is 0 Å². The number of rotatable bonds is 4. The van der Waals surface area contributed by atoms with Gasteiger partial charge in [-0.1, -0.05) is 5.92 Å². The second-order valence-electron chi connectivity index (χ2n) is 3.55. The van der Waals surface area contributed by atoms with Gasteiger partial charge in [0.05, 0.1) is 0 Å². The van der Waals surface area contributed by atoms with Gasteiger partial charge in [-0.15, -0.1) is 6.42 Å². The summed E-state index contributed by atoms with van der Waals surface area (Å²) < 4.78 is 5.38. The van der Waals surface area contributed by atoms with Gasteiger partial charge < -0.3 is 15.5 Å². The molecule has 2 aromatic rings. The molecule has 1 aromatic carbocycles. The number of hydrogen-bond donors (Lipinski definition) is 2. The van der Waals surface area contributed by atoms with Gasteiger partial charge in [-0.05, 0) is 36.7 Å². The smallest absolute Gasteiger partial charge is 0.148 e. The number of nitrogens with one attached hydrogen (secondary N) is 1. The fourth-order valence-corrected chi connectivity index (χ4v) is 1.73. The minimum atomic E-state index is 0.294. The van der Waals surface area contributed by atoms with E-state index < -0.39 is 0 Å². The monoisotopic (exact) mass is 214 g/mol. The molecular formula is C13H14N2O. The van der Waals surface area contributed by atoms with E-state index in [-0.39, 0.29) is 0 Å². The zero-order valence-corrected chi connectivity index (χ0v) is 8.99. The van der Waals surface area contributed by atoms with Crippen LogP contribution in [0.4, 0.5) is 0 Å². The van der Waals surface area contributed by atoms with E-state index in [4.69, 9.17) is 16.9 Å². The SMILES string of the molecule is C#CCOc1ccc2[nH]cc(CCN)c2c1. The number of hydrogen-bond acceptors (Lipinski definition) is 2. The topological polar surface area (TPSA) is 51.0 Å². The third-order valence-corrected chi connectivity index (χ3v) is 2.47. The van der Waals surface area contributed by atoms with Crippen molar-refractivity contribution in [3.8, 4) is 18.1 Å². The fraction of sp³-hybridized carbons (Fsp3) is 0.231. The zero-order chi connectivity index (χ0) is 11.4. The number of ether oxygens (including phenoxy) is 1. The first kappa shape index (κ1) is 10.6. The van der Waals surface area contributed by atoms with Crippen LogP contribution in [-0.4, -0.2) is 18.1 Å². The Hall–Kier alpha value is -1.92. The van der Waals surface area contributed by atoms with E-state index in [1.54, 1.807) is 0 Å². The van der Waals surface area contributed by atoms with Gasteiger partial charge in [-0.3, -0.25) is 0 Å². The Labute approximate surface area is 94.6 Å². The van der Waals surface area contributed by atoms with Crippen LogP contribution in [-0.2, 0) is 6.42 Å². The maximum atomic E-state index is 5.56. The predicted molar refractivity (Wildman–Crippen MR) is 65.4 cm³/mol. The Balaban J connectivity index is 2.34. The lowest BCUT2D eigenvalue weighted by Crippen LogP contribution is -2.01. The average molecular weight is 214 g/mol. The summed E-state index contributed by atoms with van der Waals surface area (Å²) in [4.78, 5) is 3.20. The van der Waals surface area contributed by atoms with Crippen molar-refractivity contribution in [2.45, 2.75) is 6.42 Å². The molecule has 0 saturated heterocycles. The summed E-state index contributed by atoms with van der Waals surface area (Å²) in [5.41, 5.74) is 7.86. The van der Waals surface area contributed by atoms with Gasteiger partial charge in [-0.25, -0.2) is 0 Å². The lowest BCUT2D eigenvalue weighted by molar-refractivity contribution is 0.371. The molecule has 0 aliphatic rings. The number of fused-ring (bicyclic) bond motifs is 1. The minimum Gasteiger partial charge on any atom is -0.481 e. The van der Waals surface area contributed by atoms with Gasteiger partial charge in [0.1, 0.15) is 12.4 Å². The molecular weight excluding hydrogens is 200 g/mol. The molecule has 0 unspecified atom stereocenters. The largest absolute Gasteiger partial charge is 0.481 e. The summed E-state index contributed by atoms with van der Waals surface area (Å²) in [6.45, 7) is 0.935. The van der Waals surface area contributed by atoms with Crippen LogP contribution in [0.2, 0.25) is 0 Å². The number of benzene rings is 1. The van der Waals surface area contributed by atoms with Crippen LogP contribution in [0.5, 0.6) is 5.75 Å². The first-order valence-corrected chi connectivity index (χ1v) is 5.21. The maximum absolute atomic E-state index is 5.56. The first-order valence-electron chi connectivity index (χ1n) is 5.21. The molecule has 0 spiro atoms. The van der Waals surface area contributed by atoms with E-state index in [1.807, 2.05) is 24.4 Å². The quantitative estimate of drug-likeness (QED) is 0.761. The van der Waals surface area contributed by atoms with Crippen molar-refractivity contribution in [1.29, 1.82) is 0 Å². The normalized spacial score (nSPS) is 10.2. The Bertz CT molecular complexity index is 522. The van der Waals surface area contributed by atoms with Crippen molar-refractivity contribution in [3.05, 3.63) is 30.0 Å². The van der Waals surface area contributed by atoms with Gasteiger partial charge in [0, 0.05) is 17.1 Å². The highest BCUT2D eigenvalue weighted by Gasteiger charge is 2.04. The minimum absolute atomic E-state index is 0.294. The maximum Gasteiger partial charge on any atom is 0.148 e. The van der Waals surface area contributed by atoms with E-state index in [0.29, 0.717) is 13.2 Å². The summed E-state index contributed by atoms with van der Waals surface area (Å²) in [6.07, 6.45) is 8.00. The van der Waals surface area contributed by atoms with E-state index in [1.165, 1.54) is 5.56 Å². The number of terminal acetylenes is 1. The Morgan fingerprint density at radius 2 is 2.31 bits per heavy atom. The van der Waals surface area contributed by atoms with Gasteiger partial charge >= 0.3 is 0 Å². The van der Waals surface area contributed by atoms with Gasteiger partial charge in [0.25, 0.3) is 0 Å². The lowest BCUT2D eigenvalue weighted by Gasteiger charge is -2.03. The summed E-state index contributed by atoms with van der Waals surface area (Å²) >= 11 is 0. The molecule has 2 rings (SSSR count). The highest BCUT2D eigenvalue weighted by molar-refractivity contribution is 5.84. The second-order valence-corrected chi connectivity index (χ2v) is 3.55. The van der Waals surface area contributed by atoms with Crippen molar-refractivity contribution in [3.63, 3.8) is 0 Å². The summed E-state index contributed by atoms with van der Waals surface area (Å²) in [7, 11) is 0. The van der Waals surface area contributed by atoms with Crippen LogP contribution in [0.25, 0.3) is 10.9 Å². The van der Waals surface area contributed by atoms with Crippen LogP contribution in [0.1, 0.15) is 5.56 Å². The highest BCUT2D eigenvalue weighted by atomic mass is 16.5. The summed E-state index contributed by atoms with van der Waals surface area (Å²) in [5.74, 6) is 3.24. The third-order valence-electron chi connectivity index (χ3n) is 2.47. The van der Waals surface area contributed by atoms with Crippen LogP contribution in [0.15, 0.2) is 24.4 Å². The molecule has 0 atom stereocenters. The number of H-pyrrole nitrogens is 1. The molecule has 3 N–H and O–H groups in total. The molecule has 0 fully saturated rings. The summed E-state index contributed by atoms with van der Waals surface area (Å²) in [6, 6.07) is 5.89.